The average Bonchev–Trinajstić information content (AvgIpc) is 2.61. The van der Waals surface area contributed by atoms with Gasteiger partial charge in [-0.2, -0.15) is 0 Å². The van der Waals surface area contributed by atoms with Crippen molar-refractivity contribution >= 4 is 52.0 Å². The Morgan fingerprint density at radius 2 is 1.85 bits per heavy atom. The number of benzene rings is 1. The maximum absolute atomic E-state index is 6.20. The van der Waals surface area contributed by atoms with Gasteiger partial charge in [0.2, 0.25) is 0 Å². The number of nitrogens with one attached hydrogen (secondary N) is 3. The molecular formula is C19H21Cl3N4. The lowest BCUT2D eigenvalue weighted by atomic mass is 9.84. The number of piperidine rings is 1. The zero-order valence-electron chi connectivity index (χ0n) is 14.3. The second-order valence-electron chi connectivity index (χ2n) is 6.39. The van der Waals surface area contributed by atoms with Gasteiger partial charge in [-0.3, -0.25) is 4.99 Å². The van der Waals surface area contributed by atoms with Crippen molar-refractivity contribution in [3.63, 3.8) is 0 Å². The molecular weight excluding hydrogens is 391 g/mol. The number of hydrogen-bond donors (Lipinski definition) is 3. The van der Waals surface area contributed by atoms with Gasteiger partial charge in [0.1, 0.15) is 5.84 Å². The van der Waals surface area contributed by atoms with Crippen LogP contribution in [-0.2, 0) is 0 Å². The van der Waals surface area contributed by atoms with Gasteiger partial charge in [-0.05, 0) is 43.6 Å². The number of fused-ring (bicyclic) bond motifs is 1. The lowest BCUT2D eigenvalue weighted by Gasteiger charge is -2.44. The van der Waals surface area contributed by atoms with Gasteiger partial charge in [-0.15, -0.1) is 0 Å². The highest BCUT2D eigenvalue weighted by molar-refractivity contribution is 6.42. The van der Waals surface area contributed by atoms with Gasteiger partial charge in [0.05, 0.1) is 33.5 Å². The summed E-state index contributed by atoms with van der Waals surface area (Å²) in [4.78, 5) is 4.83. The van der Waals surface area contributed by atoms with Crippen LogP contribution >= 0.6 is 34.8 Å². The topological polar surface area (TPSA) is 48.5 Å². The third-order valence-electron chi connectivity index (χ3n) is 4.67. The summed E-state index contributed by atoms with van der Waals surface area (Å²) in [5.74, 6) is 0.873. The fourth-order valence-corrected chi connectivity index (χ4v) is 3.71. The molecule has 1 spiro atoms. The summed E-state index contributed by atoms with van der Waals surface area (Å²) < 4.78 is 0. The largest absolute Gasteiger partial charge is 0.371 e. The number of anilines is 2. The summed E-state index contributed by atoms with van der Waals surface area (Å²) >= 11 is 18.5. The van der Waals surface area contributed by atoms with Gasteiger partial charge < -0.3 is 16.0 Å². The van der Waals surface area contributed by atoms with Crippen molar-refractivity contribution < 1.29 is 0 Å². The summed E-state index contributed by atoms with van der Waals surface area (Å²) in [7, 11) is 0. The Kier molecular flexibility index (Phi) is 5.98. The van der Waals surface area contributed by atoms with E-state index in [0.717, 1.165) is 48.7 Å². The van der Waals surface area contributed by atoms with Crippen LogP contribution in [0.2, 0.25) is 10.0 Å². The highest BCUT2D eigenvalue weighted by atomic mass is 35.5. The molecule has 0 aliphatic carbocycles. The molecule has 2 aliphatic rings. The fraction of sp³-hybridized carbons (Fsp3) is 0.316. The quantitative estimate of drug-likeness (QED) is 0.596. The summed E-state index contributed by atoms with van der Waals surface area (Å²) in [6.45, 7) is 9.75. The SMILES string of the molecule is C=C/C=C(/CN=C1Nc2cc(Cl)c(Cl)cc2NC12CCNCC2)C(=C)Cl. The third-order valence-corrected chi connectivity index (χ3v) is 5.64. The van der Waals surface area contributed by atoms with E-state index in [4.69, 9.17) is 39.8 Å². The molecule has 2 aliphatic heterocycles. The summed E-state index contributed by atoms with van der Waals surface area (Å²) in [6, 6.07) is 3.67. The molecule has 1 aromatic carbocycles. The summed E-state index contributed by atoms with van der Waals surface area (Å²) in [5.41, 5.74) is 2.35. The normalized spacial score (nSPS) is 20.3. The zero-order valence-corrected chi connectivity index (χ0v) is 16.6. The van der Waals surface area contributed by atoms with Crippen molar-refractivity contribution in [2.24, 2.45) is 4.99 Å². The molecule has 0 unspecified atom stereocenters. The molecule has 0 amide bonds. The molecule has 1 saturated heterocycles. The van der Waals surface area contributed by atoms with Crippen LogP contribution in [0, 0.1) is 0 Å². The zero-order chi connectivity index (χ0) is 18.7. The first-order valence-electron chi connectivity index (χ1n) is 8.41. The Morgan fingerprint density at radius 1 is 1.19 bits per heavy atom. The molecule has 26 heavy (non-hydrogen) atoms. The van der Waals surface area contributed by atoms with Crippen molar-refractivity contribution in [3.05, 3.63) is 58.1 Å². The van der Waals surface area contributed by atoms with Crippen LogP contribution in [0.25, 0.3) is 0 Å². The highest BCUT2D eigenvalue weighted by Crippen LogP contribution is 2.40. The van der Waals surface area contributed by atoms with Crippen LogP contribution in [0.4, 0.5) is 11.4 Å². The second-order valence-corrected chi connectivity index (χ2v) is 7.66. The number of rotatable bonds is 4. The number of allylic oxidation sites excluding steroid dienone is 2. The van der Waals surface area contributed by atoms with E-state index in [0.29, 0.717) is 21.6 Å². The van der Waals surface area contributed by atoms with Gasteiger partial charge >= 0.3 is 0 Å². The minimum absolute atomic E-state index is 0.275. The lowest BCUT2D eigenvalue weighted by Crippen LogP contribution is -2.57. The van der Waals surface area contributed by atoms with Crippen molar-refractivity contribution in [1.29, 1.82) is 0 Å². The minimum atomic E-state index is -0.275. The Labute approximate surface area is 169 Å². The predicted molar refractivity (Wildman–Crippen MR) is 114 cm³/mol. The molecule has 0 radical (unpaired) electrons. The van der Waals surface area contributed by atoms with E-state index < -0.39 is 0 Å². The summed E-state index contributed by atoms with van der Waals surface area (Å²) in [6.07, 6.45) is 5.32. The molecule has 4 nitrogen and oxygen atoms in total. The van der Waals surface area contributed by atoms with Crippen LogP contribution in [0.3, 0.4) is 0 Å². The highest BCUT2D eigenvalue weighted by Gasteiger charge is 2.41. The molecule has 3 N–H and O–H groups in total. The van der Waals surface area contributed by atoms with E-state index in [1.807, 2.05) is 18.2 Å². The Morgan fingerprint density at radius 3 is 2.46 bits per heavy atom. The number of amidine groups is 1. The smallest absolute Gasteiger partial charge is 0.127 e. The monoisotopic (exact) mass is 410 g/mol. The predicted octanol–water partition coefficient (Wildman–Crippen LogP) is 5.22. The number of halogens is 3. The first-order chi connectivity index (χ1) is 12.4. The molecule has 2 heterocycles. The first kappa shape index (κ1) is 19.3. The van der Waals surface area contributed by atoms with Crippen LogP contribution in [0.1, 0.15) is 12.8 Å². The molecule has 3 rings (SSSR count). The molecule has 1 fully saturated rings. The van der Waals surface area contributed by atoms with Gasteiger partial charge in [0.25, 0.3) is 0 Å². The molecule has 0 aromatic heterocycles. The molecule has 7 heteroatoms. The van der Waals surface area contributed by atoms with Gasteiger partial charge in [0, 0.05) is 5.03 Å². The number of hydrogen-bond acceptors (Lipinski definition) is 3. The maximum Gasteiger partial charge on any atom is 0.127 e. The first-order valence-corrected chi connectivity index (χ1v) is 9.55. The Balaban J connectivity index is 1.98. The minimum Gasteiger partial charge on any atom is -0.371 e. The van der Waals surface area contributed by atoms with E-state index in [1.165, 1.54) is 0 Å². The van der Waals surface area contributed by atoms with Crippen molar-refractivity contribution in [3.8, 4) is 0 Å². The van der Waals surface area contributed by atoms with E-state index in [9.17, 15) is 0 Å². The molecule has 0 saturated carbocycles. The number of aliphatic imine (C=N–C) groups is 1. The van der Waals surface area contributed by atoms with Crippen molar-refractivity contribution in [2.75, 3.05) is 30.3 Å². The third kappa shape index (κ3) is 3.94. The molecule has 0 bridgehead atoms. The molecule has 138 valence electrons. The van der Waals surface area contributed by atoms with Crippen LogP contribution in [0.15, 0.2) is 53.0 Å². The fourth-order valence-electron chi connectivity index (χ4n) is 3.26. The van der Waals surface area contributed by atoms with E-state index in [2.05, 4.69) is 29.1 Å². The van der Waals surface area contributed by atoms with Crippen LogP contribution in [-0.4, -0.2) is 31.0 Å². The van der Waals surface area contributed by atoms with Crippen LogP contribution < -0.4 is 16.0 Å². The summed E-state index contributed by atoms with van der Waals surface area (Å²) in [5, 5.41) is 12.0. The maximum atomic E-state index is 6.20. The lowest BCUT2D eigenvalue weighted by molar-refractivity contribution is 0.419. The van der Waals surface area contributed by atoms with Crippen molar-refractivity contribution in [1.82, 2.24) is 5.32 Å². The molecule has 0 atom stereocenters. The van der Waals surface area contributed by atoms with E-state index in [-0.39, 0.29) is 5.54 Å². The van der Waals surface area contributed by atoms with Gasteiger partial charge in [0.15, 0.2) is 0 Å². The number of nitrogens with zero attached hydrogens (tertiary/aromatic N) is 1. The Hall–Kier alpha value is -1.46. The van der Waals surface area contributed by atoms with E-state index >= 15 is 0 Å². The Bertz CT molecular complexity index is 792. The molecule has 1 aromatic rings. The van der Waals surface area contributed by atoms with Gasteiger partial charge in [-0.25, -0.2) is 0 Å². The second kappa shape index (κ2) is 8.05. The van der Waals surface area contributed by atoms with Crippen LogP contribution in [0.5, 0.6) is 0 Å². The average molecular weight is 412 g/mol. The van der Waals surface area contributed by atoms with Gasteiger partial charge in [-0.1, -0.05) is 60.1 Å². The standard InChI is InChI=1S/C19H21Cl3N4/c1-3-4-13(12(2)20)11-24-18-19(5-7-23-8-6-19)26-17-10-15(22)14(21)9-16(17)25-18/h3-4,9-10,23,26H,1-2,5-8,11H2,(H,24,25)/b13-4-. The van der Waals surface area contributed by atoms with Crippen molar-refractivity contribution in [2.45, 2.75) is 18.4 Å². The van der Waals surface area contributed by atoms with E-state index in [1.54, 1.807) is 6.08 Å².